The van der Waals surface area contributed by atoms with Crippen LogP contribution in [0.15, 0.2) is 23.8 Å². The Bertz CT molecular complexity index is 544. The number of allylic oxidation sites excluding steroid dienone is 1. The van der Waals surface area contributed by atoms with Crippen molar-refractivity contribution in [2.75, 3.05) is 18.0 Å². The first-order valence-corrected chi connectivity index (χ1v) is 7.89. The Labute approximate surface area is 121 Å². The number of carbonyl (C=O) groups excluding carboxylic acids is 1. The summed E-state index contributed by atoms with van der Waals surface area (Å²) in [5.41, 5.74) is 5.07. The van der Waals surface area contributed by atoms with Crippen molar-refractivity contribution in [1.29, 1.82) is 0 Å². The van der Waals surface area contributed by atoms with Crippen LogP contribution in [0, 0.1) is 0 Å². The van der Waals surface area contributed by atoms with Gasteiger partial charge in [-0.05, 0) is 67.0 Å². The van der Waals surface area contributed by atoms with Gasteiger partial charge in [0.25, 0.3) is 0 Å². The van der Waals surface area contributed by atoms with E-state index >= 15 is 0 Å². The molecule has 1 saturated carbocycles. The lowest BCUT2D eigenvalue weighted by atomic mass is 9.98. The van der Waals surface area contributed by atoms with Crippen molar-refractivity contribution in [2.24, 2.45) is 0 Å². The van der Waals surface area contributed by atoms with Gasteiger partial charge in [0.1, 0.15) is 0 Å². The number of aryl methyl sites for hydroxylation is 1. The van der Waals surface area contributed by atoms with E-state index in [0.29, 0.717) is 5.78 Å². The van der Waals surface area contributed by atoms with Crippen LogP contribution >= 0.6 is 0 Å². The minimum Gasteiger partial charge on any atom is -0.371 e. The highest BCUT2D eigenvalue weighted by Gasteiger charge is 2.18. The fourth-order valence-electron chi connectivity index (χ4n) is 3.38. The number of nitrogens with zero attached hydrogens (tertiary/aromatic N) is 1. The van der Waals surface area contributed by atoms with Crippen LogP contribution in [0.2, 0.25) is 0 Å². The molecule has 2 aliphatic rings. The predicted molar refractivity (Wildman–Crippen MR) is 84.1 cm³/mol. The number of ketones is 1. The lowest BCUT2D eigenvalue weighted by Gasteiger charge is -2.31. The van der Waals surface area contributed by atoms with E-state index in [1.54, 1.807) is 0 Å². The number of carbonyl (C=O) groups is 1. The Kier molecular flexibility index (Phi) is 3.90. The Hall–Kier alpha value is -1.57. The van der Waals surface area contributed by atoms with E-state index in [9.17, 15) is 4.79 Å². The van der Waals surface area contributed by atoms with Crippen LogP contribution in [0.25, 0.3) is 6.08 Å². The first kappa shape index (κ1) is 13.4. The van der Waals surface area contributed by atoms with Crippen LogP contribution in [0.3, 0.4) is 0 Å². The first-order valence-electron chi connectivity index (χ1n) is 7.89. The molecule has 1 aliphatic carbocycles. The zero-order chi connectivity index (χ0) is 13.9. The maximum atomic E-state index is 11.7. The molecule has 106 valence electrons. The molecule has 1 aliphatic heterocycles. The topological polar surface area (TPSA) is 20.3 Å². The molecular weight excluding hydrogens is 246 g/mol. The maximum Gasteiger partial charge on any atom is 0.158 e. The second-order valence-electron chi connectivity index (χ2n) is 5.93. The molecule has 20 heavy (non-hydrogen) atoms. The highest BCUT2D eigenvalue weighted by atomic mass is 16.1. The molecule has 0 N–H and O–H groups in total. The normalized spacial score (nSPS) is 20.6. The molecule has 1 fully saturated rings. The number of hydrogen-bond acceptors (Lipinski definition) is 2. The van der Waals surface area contributed by atoms with E-state index in [-0.39, 0.29) is 0 Å². The minimum atomic E-state index is 0.343. The Morgan fingerprint density at radius 2 is 2.10 bits per heavy atom. The largest absolute Gasteiger partial charge is 0.371 e. The van der Waals surface area contributed by atoms with E-state index in [1.807, 2.05) is 0 Å². The molecule has 0 aromatic heterocycles. The molecule has 1 aromatic rings. The smallest absolute Gasteiger partial charge is 0.158 e. The summed E-state index contributed by atoms with van der Waals surface area (Å²) in [5.74, 6) is 0.343. The van der Waals surface area contributed by atoms with Gasteiger partial charge in [0.2, 0.25) is 0 Å². The number of anilines is 1. The van der Waals surface area contributed by atoms with Crippen molar-refractivity contribution in [3.8, 4) is 0 Å². The molecule has 0 bridgehead atoms. The van der Waals surface area contributed by atoms with Crippen molar-refractivity contribution in [3.63, 3.8) is 0 Å². The molecule has 2 heteroatoms. The number of benzene rings is 1. The number of hydrogen-bond donors (Lipinski definition) is 0. The number of Topliss-reactive ketones (excluding diaryl/α,β-unsaturated/α-hetero) is 1. The predicted octanol–water partition coefficient (Wildman–Crippen LogP) is 3.99. The number of fused-ring (bicyclic) bond motifs is 1. The average Bonchev–Trinajstić information content (AvgIpc) is 2.85. The summed E-state index contributed by atoms with van der Waals surface area (Å²) >= 11 is 0. The standard InChI is InChI=1S/C18H23NO/c1-2-10-19-11-4-6-15-12-14(8-9-17(15)19)13-16-5-3-7-18(16)20/h8-9,12-13H,2-7,10-11H2,1H3/b16-13+. The lowest BCUT2D eigenvalue weighted by Crippen LogP contribution is -2.29. The molecule has 0 amide bonds. The molecule has 0 saturated heterocycles. The Morgan fingerprint density at radius 3 is 2.85 bits per heavy atom. The van der Waals surface area contributed by atoms with Gasteiger partial charge in [0, 0.05) is 25.2 Å². The molecule has 1 aromatic carbocycles. The van der Waals surface area contributed by atoms with Gasteiger partial charge in [0.15, 0.2) is 5.78 Å². The molecule has 3 rings (SSSR count). The van der Waals surface area contributed by atoms with Gasteiger partial charge in [-0.2, -0.15) is 0 Å². The second-order valence-corrected chi connectivity index (χ2v) is 5.93. The maximum absolute atomic E-state index is 11.7. The van der Waals surface area contributed by atoms with E-state index in [1.165, 1.54) is 42.6 Å². The molecule has 2 nitrogen and oxygen atoms in total. The van der Waals surface area contributed by atoms with Crippen molar-refractivity contribution < 1.29 is 4.79 Å². The Balaban J connectivity index is 1.87. The fraction of sp³-hybridized carbons (Fsp3) is 0.500. The van der Waals surface area contributed by atoms with E-state index in [2.05, 4.69) is 36.1 Å². The van der Waals surface area contributed by atoms with Gasteiger partial charge < -0.3 is 4.90 Å². The van der Waals surface area contributed by atoms with Gasteiger partial charge in [-0.1, -0.05) is 13.0 Å². The summed E-state index contributed by atoms with van der Waals surface area (Å²) < 4.78 is 0. The molecule has 0 spiro atoms. The lowest BCUT2D eigenvalue weighted by molar-refractivity contribution is -0.114. The summed E-state index contributed by atoms with van der Waals surface area (Å²) in [6.45, 7) is 4.56. The van der Waals surface area contributed by atoms with E-state index < -0.39 is 0 Å². The van der Waals surface area contributed by atoms with Crippen molar-refractivity contribution in [2.45, 2.75) is 45.4 Å². The summed E-state index contributed by atoms with van der Waals surface area (Å²) in [5, 5.41) is 0. The van der Waals surface area contributed by atoms with Crippen LogP contribution in [0.1, 0.15) is 50.2 Å². The van der Waals surface area contributed by atoms with Crippen molar-refractivity contribution in [3.05, 3.63) is 34.9 Å². The molecule has 0 unspecified atom stereocenters. The molecule has 1 heterocycles. The van der Waals surface area contributed by atoms with Crippen LogP contribution in [-0.2, 0) is 11.2 Å². The van der Waals surface area contributed by atoms with Crippen LogP contribution in [-0.4, -0.2) is 18.9 Å². The third-order valence-electron chi connectivity index (χ3n) is 4.36. The average molecular weight is 269 g/mol. The van der Waals surface area contributed by atoms with Gasteiger partial charge in [0.05, 0.1) is 0 Å². The Morgan fingerprint density at radius 1 is 1.20 bits per heavy atom. The zero-order valence-electron chi connectivity index (χ0n) is 12.3. The van der Waals surface area contributed by atoms with Crippen LogP contribution in [0.5, 0.6) is 0 Å². The van der Waals surface area contributed by atoms with Gasteiger partial charge in [-0.15, -0.1) is 0 Å². The summed E-state index contributed by atoms with van der Waals surface area (Å²) in [7, 11) is 0. The summed E-state index contributed by atoms with van der Waals surface area (Å²) in [6.07, 6.45) is 8.43. The van der Waals surface area contributed by atoms with Crippen LogP contribution < -0.4 is 4.90 Å². The van der Waals surface area contributed by atoms with Gasteiger partial charge in [-0.3, -0.25) is 4.79 Å². The number of rotatable bonds is 3. The third-order valence-corrected chi connectivity index (χ3v) is 4.36. The molecule has 0 radical (unpaired) electrons. The fourth-order valence-corrected chi connectivity index (χ4v) is 3.38. The van der Waals surface area contributed by atoms with E-state index in [4.69, 9.17) is 0 Å². The van der Waals surface area contributed by atoms with Gasteiger partial charge >= 0.3 is 0 Å². The first-order chi connectivity index (χ1) is 9.78. The zero-order valence-corrected chi connectivity index (χ0v) is 12.3. The van der Waals surface area contributed by atoms with Crippen LogP contribution in [0.4, 0.5) is 5.69 Å². The van der Waals surface area contributed by atoms with Crippen molar-refractivity contribution >= 4 is 17.5 Å². The minimum absolute atomic E-state index is 0.343. The van der Waals surface area contributed by atoms with E-state index in [0.717, 1.165) is 31.4 Å². The molecular formula is C18H23NO. The van der Waals surface area contributed by atoms with Gasteiger partial charge in [-0.25, -0.2) is 0 Å². The second kappa shape index (κ2) is 5.82. The summed E-state index contributed by atoms with van der Waals surface area (Å²) in [6, 6.07) is 6.71. The SMILES string of the molecule is CCCN1CCCc2cc(/C=C3\CCCC3=O)ccc21. The molecule has 0 atom stereocenters. The highest BCUT2D eigenvalue weighted by Crippen LogP contribution is 2.30. The van der Waals surface area contributed by atoms with Crippen molar-refractivity contribution in [1.82, 2.24) is 0 Å². The monoisotopic (exact) mass is 269 g/mol. The quantitative estimate of drug-likeness (QED) is 0.773. The highest BCUT2D eigenvalue weighted by molar-refractivity contribution is 6.01. The summed E-state index contributed by atoms with van der Waals surface area (Å²) in [4.78, 5) is 14.2. The third kappa shape index (κ3) is 2.65.